The Morgan fingerprint density at radius 1 is 1.24 bits per heavy atom. The number of aryl methyl sites for hydroxylation is 1. The fourth-order valence-electron chi connectivity index (χ4n) is 2.35. The van der Waals surface area contributed by atoms with E-state index in [0.29, 0.717) is 11.3 Å². The number of aromatic amines is 1. The summed E-state index contributed by atoms with van der Waals surface area (Å²) in [5.74, 6) is -0.0462. The van der Waals surface area contributed by atoms with Crippen molar-refractivity contribution in [1.29, 1.82) is 0 Å². The molecule has 0 saturated carbocycles. The summed E-state index contributed by atoms with van der Waals surface area (Å²) in [6.45, 7) is 1.98. The maximum absolute atomic E-state index is 12.1. The molecule has 0 aliphatic rings. The summed E-state index contributed by atoms with van der Waals surface area (Å²) in [6, 6.07) is 9.11. The van der Waals surface area contributed by atoms with Crippen molar-refractivity contribution in [3.05, 3.63) is 65.6 Å². The number of ketones is 1. The number of fused-ring (bicyclic) bond motifs is 1. The van der Waals surface area contributed by atoms with Gasteiger partial charge < -0.3 is 10.7 Å². The fraction of sp³-hybridized carbons (Fsp3) is 0.0588. The number of H-pyrrole nitrogens is 1. The van der Waals surface area contributed by atoms with Crippen molar-refractivity contribution in [2.45, 2.75) is 6.92 Å². The number of rotatable bonds is 3. The van der Waals surface area contributed by atoms with Crippen molar-refractivity contribution in [3.8, 4) is 0 Å². The lowest BCUT2D eigenvalue weighted by Crippen LogP contribution is -1.93. The second kappa shape index (κ2) is 5.25. The number of nitrogens with two attached hydrogens (primary N) is 1. The molecule has 1 aromatic carbocycles. The minimum atomic E-state index is -0.0462. The van der Waals surface area contributed by atoms with Crippen LogP contribution in [0.2, 0.25) is 0 Å². The minimum Gasteiger partial charge on any atom is -0.399 e. The molecular weight excluding hydrogens is 262 g/mol. The molecule has 0 spiro atoms. The van der Waals surface area contributed by atoms with Crippen molar-refractivity contribution in [1.82, 2.24) is 9.97 Å². The van der Waals surface area contributed by atoms with Gasteiger partial charge in [-0.05, 0) is 49.4 Å². The van der Waals surface area contributed by atoms with E-state index in [1.807, 2.05) is 31.2 Å². The smallest absolute Gasteiger partial charge is 0.185 e. The summed E-state index contributed by atoms with van der Waals surface area (Å²) >= 11 is 0. The van der Waals surface area contributed by atoms with Crippen LogP contribution in [0.3, 0.4) is 0 Å². The average Bonchev–Trinajstić information content (AvgIpc) is 2.80. The first-order chi connectivity index (χ1) is 10.1. The molecule has 3 rings (SSSR count). The molecule has 2 heterocycles. The second-order valence-corrected chi connectivity index (χ2v) is 4.90. The van der Waals surface area contributed by atoms with Gasteiger partial charge >= 0.3 is 0 Å². The van der Waals surface area contributed by atoms with Crippen LogP contribution in [0.4, 0.5) is 5.69 Å². The molecule has 2 aromatic heterocycles. The highest BCUT2D eigenvalue weighted by atomic mass is 16.1. The predicted octanol–water partition coefficient (Wildman–Crippen LogP) is 3.35. The number of anilines is 1. The fourth-order valence-corrected chi connectivity index (χ4v) is 2.35. The van der Waals surface area contributed by atoms with Gasteiger partial charge in [0.25, 0.3) is 0 Å². The molecule has 0 atom stereocenters. The maximum atomic E-state index is 12.1. The third-order valence-electron chi connectivity index (χ3n) is 3.43. The Balaban J connectivity index is 1.98. The van der Waals surface area contributed by atoms with Crippen molar-refractivity contribution < 1.29 is 4.79 Å². The number of hydrogen-bond acceptors (Lipinski definition) is 3. The van der Waals surface area contributed by atoms with Gasteiger partial charge in [0.1, 0.15) is 0 Å². The van der Waals surface area contributed by atoms with Gasteiger partial charge in [-0.25, -0.2) is 0 Å². The molecule has 0 radical (unpaired) electrons. The lowest BCUT2D eigenvalue weighted by molar-refractivity contribution is 0.104. The first-order valence-corrected chi connectivity index (χ1v) is 6.65. The summed E-state index contributed by atoms with van der Waals surface area (Å²) in [4.78, 5) is 19.3. The number of hydrogen-bond donors (Lipinski definition) is 2. The van der Waals surface area contributed by atoms with E-state index in [1.54, 1.807) is 30.6 Å². The summed E-state index contributed by atoms with van der Waals surface area (Å²) in [7, 11) is 0. The molecule has 0 unspecified atom stereocenters. The largest absolute Gasteiger partial charge is 0.399 e. The first kappa shape index (κ1) is 13.1. The molecule has 0 bridgehead atoms. The van der Waals surface area contributed by atoms with Gasteiger partial charge in [-0.3, -0.25) is 9.78 Å². The van der Waals surface area contributed by atoms with Crippen LogP contribution >= 0.6 is 0 Å². The van der Waals surface area contributed by atoms with E-state index in [0.717, 1.165) is 22.2 Å². The van der Waals surface area contributed by atoms with Crippen LogP contribution in [0.15, 0.2) is 48.8 Å². The highest BCUT2D eigenvalue weighted by Gasteiger charge is 2.07. The molecule has 3 N–H and O–H groups in total. The van der Waals surface area contributed by atoms with Gasteiger partial charge in [0.2, 0.25) is 0 Å². The van der Waals surface area contributed by atoms with Crippen LogP contribution in [0, 0.1) is 6.92 Å². The van der Waals surface area contributed by atoms with Crippen molar-refractivity contribution in [2.24, 2.45) is 0 Å². The van der Waals surface area contributed by atoms with Crippen LogP contribution in [-0.2, 0) is 0 Å². The molecule has 0 amide bonds. The predicted molar refractivity (Wildman–Crippen MR) is 85.0 cm³/mol. The molecule has 0 saturated heterocycles. The third kappa shape index (κ3) is 2.56. The summed E-state index contributed by atoms with van der Waals surface area (Å²) in [6.07, 6.45) is 6.63. The molecule has 4 heteroatoms. The van der Waals surface area contributed by atoms with Crippen molar-refractivity contribution in [2.75, 3.05) is 5.73 Å². The van der Waals surface area contributed by atoms with Crippen molar-refractivity contribution in [3.63, 3.8) is 0 Å². The minimum absolute atomic E-state index is 0.0462. The summed E-state index contributed by atoms with van der Waals surface area (Å²) < 4.78 is 0. The Morgan fingerprint density at radius 3 is 2.76 bits per heavy atom. The average molecular weight is 277 g/mol. The number of benzene rings is 1. The van der Waals surface area contributed by atoms with Gasteiger partial charge in [-0.15, -0.1) is 0 Å². The van der Waals surface area contributed by atoms with Gasteiger partial charge in [0, 0.05) is 45.8 Å². The Morgan fingerprint density at radius 2 is 2.00 bits per heavy atom. The number of allylic oxidation sites excluding steroid dienone is 1. The maximum Gasteiger partial charge on any atom is 0.185 e. The van der Waals surface area contributed by atoms with Gasteiger partial charge in [0.05, 0.1) is 0 Å². The molecule has 3 aromatic rings. The monoisotopic (exact) mass is 277 g/mol. The van der Waals surface area contributed by atoms with E-state index < -0.39 is 0 Å². The second-order valence-electron chi connectivity index (χ2n) is 4.90. The van der Waals surface area contributed by atoms with E-state index >= 15 is 0 Å². The zero-order valence-electron chi connectivity index (χ0n) is 11.6. The standard InChI is InChI=1S/C17H15N3O/c1-11-14(15-10-13(18)2-4-16(15)20-11)3-5-17(21)12-6-8-19-9-7-12/h2-10,20H,18H2,1H3. The Labute approximate surface area is 122 Å². The topological polar surface area (TPSA) is 71.8 Å². The summed E-state index contributed by atoms with van der Waals surface area (Å²) in [5, 5.41) is 1.02. The van der Waals surface area contributed by atoms with Crippen LogP contribution in [0.1, 0.15) is 21.6 Å². The zero-order valence-corrected chi connectivity index (χ0v) is 11.6. The molecule has 104 valence electrons. The van der Waals surface area contributed by atoms with E-state index in [4.69, 9.17) is 5.73 Å². The number of carbonyl (C=O) groups excluding carboxylic acids is 1. The molecule has 0 aliphatic heterocycles. The first-order valence-electron chi connectivity index (χ1n) is 6.65. The number of nitrogen functional groups attached to an aromatic ring is 1. The lowest BCUT2D eigenvalue weighted by atomic mass is 10.1. The number of aromatic nitrogens is 2. The highest BCUT2D eigenvalue weighted by molar-refractivity contribution is 6.08. The van der Waals surface area contributed by atoms with Gasteiger partial charge in [0.15, 0.2) is 5.78 Å². The molecular formula is C17H15N3O. The van der Waals surface area contributed by atoms with Crippen LogP contribution < -0.4 is 5.73 Å². The van der Waals surface area contributed by atoms with Crippen LogP contribution in [0.25, 0.3) is 17.0 Å². The Kier molecular flexibility index (Phi) is 3.28. The van der Waals surface area contributed by atoms with Crippen molar-refractivity contribution >= 4 is 28.4 Å². The zero-order chi connectivity index (χ0) is 14.8. The lowest BCUT2D eigenvalue weighted by Gasteiger charge is -1.97. The number of nitrogens with zero attached hydrogens (tertiary/aromatic N) is 1. The molecule has 0 fully saturated rings. The van der Waals surface area contributed by atoms with E-state index in [-0.39, 0.29) is 5.78 Å². The third-order valence-corrected chi connectivity index (χ3v) is 3.43. The van der Waals surface area contributed by atoms with Gasteiger partial charge in [-0.2, -0.15) is 0 Å². The highest BCUT2D eigenvalue weighted by Crippen LogP contribution is 2.25. The number of pyridine rings is 1. The Bertz CT molecular complexity index is 832. The number of nitrogens with one attached hydrogen (secondary N) is 1. The van der Waals surface area contributed by atoms with E-state index in [9.17, 15) is 4.79 Å². The molecule has 0 aliphatic carbocycles. The quantitative estimate of drug-likeness (QED) is 0.438. The van der Waals surface area contributed by atoms with E-state index in [1.165, 1.54) is 0 Å². The van der Waals surface area contributed by atoms with Crippen LogP contribution in [0.5, 0.6) is 0 Å². The molecule has 21 heavy (non-hydrogen) atoms. The Hall–Kier alpha value is -2.88. The number of carbonyl (C=O) groups is 1. The molecule has 4 nitrogen and oxygen atoms in total. The normalized spacial score (nSPS) is 11.3. The van der Waals surface area contributed by atoms with Gasteiger partial charge in [-0.1, -0.05) is 0 Å². The van der Waals surface area contributed by atoms with E-state index in [2.05, 4.69) is 9.97 Å². The van der Waals surface area contributed by atoms with Crippen LogP contribution in [-0.4, -0.2) is 15.8 Å². The summed E-state index contributed by atoms with van der Waals surface area (Å²) in [5.41, 5.74) is 10.2. The SMILES string of the molecule is Cc1[nH]c2ccc(N)cc2c1C=CC(=O)c1ccncc1.